The molecule has 1 aliphatic rings. The van der Waals surface area contributed by atoms with Crippen molar-refractivity contribution in [2.75, 3.05) is 14.2 Å². The molecule has 0 spiro atoms. The van der Waals surface area contributed by atoms with Crippen LogP contribution in [0.1, 0.15) is 25.0 Å². The smallest absolute Gasteiger partial charge is 0.326 e. The normalized spacial score (nSPS) is 14.4. The third-order valence-corrected chi connectivity index (χ3v) is 5.36. The quantitative estimate of drug-likeness (QED) is 0.683. The van der Waals surface area contributed by atoms with E-state index in [2.05, 4.69) is 10.3 Å². The van der Waals surface area contributed by atoms with Crippen molar-refractivity contribution in [2.24, 2.45) is 5.92 Å². The zero-order chi connectivity index (χ0) is 19.4. The van der Waals surface area contributed by atoms with E-state index in [1.165, 1.54) is 11.3 Å². The van der Waals surface area contributed by atoms with E-state index in [0.717, 1.165) is 23.4 Å². The van der Waals surface area contributed by atoms with Gasteiger partial charge in [-0.2, -0.15) is 0 Å². The first-order chi connectivity index (χ1) is 13.0. The molecule has 1 aromatic heterocycles. The second-order valence-electron chi connectivity index (χ2n) is 6.53. The van der Waals surface area contributed by atoms with Gasteiger partial charge in [0.1, 0.15) is 11.0 Å². The molecular formula is C19H22N2O5S. The lowest BCUT2D eigenvalue weighted by Crippen LogP contribution is -2.41. The van der Waals surface area contributed by atoms with Crippen molar-refractivity contribution in [1.29, 1.82) is 0 Å². The number of ether oxygens (including phenoxy) is 2. The van der Waals surface area contributed by atoms with Gasteiger partial charge in [-0.05, 0) is 30.5 Å². The van der Waals surface area contributed by atoms with Gasteiger partial charge in [-0.1, -0.05) is 12.8 Å². The number of amides is 1. The average molecular weight is 390 g/mol. The van der Waals surface area contributed by atoms with Gasteiger partial charge in [-0.3, -0.25) is 4.79 Å². The van der Waals surface area contributed by atoms with Gasteiger partial charge in [0.15, 0.2) is 11.5 Å². The highest BCUT2D eigenvalue weighted by Gasteiger charge is 2.30. The zero-order valence-corrected chi connectivity index (χ0v) is 16.0. The van der Waals surface area contributed by atoms with Crippen molar-refractivity contribution >= 4 is 23.2 Å². The number of methoxy groups -OCH3 is 2. The number of hydrogen-bond donors (Lipinski definition) is 2. The number of aromatic nitrogens is 1. The first kappa shape index (κ1) is 19.2. The van der Waals surface area contributed by atoms with Gasteiger partial charge in [0.2, 0.25) is 5.91 Å². The fourth-order valence-corrected chi connectivity index (χ4v) is 3.62. The largest absolute Gasteiger partial charge is 0.493 e. The summed E-state index contributed by atoms with van der Waals surface area (Å²) in [5.41, 5.74) is 1.47. The summed E-state index contributed by atoms with van der Waals surface area (Å²) in [6.07, 6.45) is 2.63. The highest BCUT2D eigenvalue weighted by molar-refractivity contribution is 7.13. The number of rotatable bonds is 9. The average Bonchev–Trinajstić information content (AvgIpc) is 3.36. The van der Waals surface area contributed by atoms with Crippen LogP contribution < -0.4 is 14.8 Å². The minimum atomic E-state index is -0.987. The number of benzene rings is 1. The Hall–Kier alpha value is -2.61. The zero-order valence-electron chi connectivity index (χ0n) is 15.2. The third-order valence-electron chi connectivity index (χ3n) is 4.42. The second kappa shape index (κ2) is 8.39. The topological polar surface area (TPSA) is 97.8 Å². The van der Waals surface area contributed by atoms with Crippen LogP contribution in [0.5, 0.6) is 11.5 Å². The summed E-state index contributed by atoms with van der Waals surface area (Å²) in [5.74, 6) is 0.343. The van der Waals surface area contributed by atoms with Gasteiger partial charge >= 0.3 is 5.97 Å². The fourth-order valence-electron chi connectivity index (χ4n) is 2.81. The van der Waals surface area contributed by atoms with Gasteiger partial charge < -0.3 is 19.9 Å². The highest BCUT2D eigenvalue weighted by atomic mass is 32.1. The summed E-state index contributed by atoms with van der Waals surface area (Å²) in [7, 11) is 3.14. The van der Waals surface area contributed by atoms with E-state index < -0.39 is 12.0 Å². The molecule has 1 amide bonds. The van der Waals surface area contributed by atoms with Crippen molar-refractivity contribution < 1.29 is 24.2 Å². The van der Waals surface area contributed by atoms with Crippen LogP contribution in [0.15, 0.2) is 23.6 Å². The SMILES string of the molecule is COc1ccc(-c2nc(CC(=O)NC(CC3CC3)C(=O)O)cs2)cc1OC. The van der Waals surface area contributed by atoms with Crippen LogP contribution in [0.2, 0.25) is 0 Å². The van der Waals surface area contributed by atoms with E-state index >= 15 is 0 Å². The van der Waals surface area contributed by atoms with Crippen LogP contribution in [-0.4, -0.2) is 42.2 Å². The molecule has 1 heterocycles. The summed E-state index contributed by atoms with van der Waals surface area (Å²) in [6, 6.07) is 4.68. The molecule has 1 fully saturated rings. The molecule has 0 radical (unpaired) electrons. The maximum atomic E-state index is 12.2. The Labute approximate surface area is 161 Å². The number of carbonyl (C=O) groups excluding carboxylic acids is 1. The molecular weight excluding hydrogens is 368 g/mol. The van der Waals surface area contributed by atoms with Crippen molar-refractivity contribution in [3.63, 3.8) is 0 Å². The van der Waals surface area contributed by atoms with Gasteiger partial charge in [-0.15, -0.1) is 11.3 Å². The number of carboxylic acid groups (broad SMARTS) is 1. The van der Waals surface area contributed by atoms with Crippen LogP contribution in [0.25, 0.3) is 10.6 Å². The molecule has 1 aromatic carbocycles. The molecule has 2 aromatic rings. The molecule has 7 nitrogen and oxygen atoms in total. The molecule has 1 aliphatic carbocycles. The number of nitrogens with one attached hydrogen (secondary N) is 1. The number of nitrogens with zero attached hydrogens (tertiary/aromatic N) is 1. The first-order valence-corrected chi connectivity index (χ1v) is 9.57. The molecule has 0 saturated heterocycles. The Bertz CT molecular complexity index is 831. The van der Waals surface area contributed by atoms with Crippen molar-refractivity contribution in [2.45, 2.75) is 31.7 Å². The van der Waals surface area contributed by atoms with Crippen molar-refractivity contribution in [3.8, 4) is 22.1 Å². The predicted molar refractivity (Wildman–Crippen MR) is 101 cm³/mol. The molecule has 8 heteroatoms. The Morgan fingerprint density at radius 2 is 2.04 bits per heavy atom. The van der Waals surface area contributed by atoms with E-state index in [4.69, 9.17) is 9.47 Å². The van der Waals surface area contributed by atoms with Crippen LogP contribution in [0.3, 0.4) is 0 Å². The Balaban J connectivity index is 1.65. The summed E-state index contributed by atoms with van der Waals surface area (Å²) in [4.78, 5) is 28.0. The number of carboxylic acids is 1. The Morgan fingerprint density at radius 3 is 2.67 bits per heavy atom. The van der Waals surface area contributed by atoms with Crippen LogP contribution in [0.4, 0.5) is 0 Å². The standard InChI is InChI=1S/C19H22N2O5S/c1-25-15-6-5-12(8-16(15)26-2)18-20-13(10-27-18)9-17(22)21-14(19(23)24)7-11-3-4-11/h5-6,8,10-11,14H,3-4,7,9H2,1-2H3,(H,21,22)(H,23,24). The van der Waals surface area contributed by atoms with E-state index in [1.54, 1.807) is 20.3 Å². The van der Waals surface area contributed by atoms with Gasteiger partial charge in [0, 0.05) is 10.9 Å². The van der Waals surface area contributed by atoms with Crippen molar-refractivity contribution in [1.82, 2.24) is 10.3 Å². The van der Waals surface area contributed by atoms with Gasteiger partial charge in [-0.25, -0.2) is 9.78 Å². The fraction of sp³-hybridized carbons (Fsp3) is 0.421. The third kappa shape index (κ3) is 4.97. The molecule has 144 valence electrons. The Kier molecular flexibility index (Phi) is 5.95. The number of carbonyl (C=O) groups is 2. The van der Waals surface area contributed by atoms with E-state index in [0.29, 0.717) is 29.5 Å². The molecule has 1 atom stereocenters. The maximum absolute atomic E-state index is 12.2. The molecule has 0 bridgehead atoms. The molecule has 1 unspecified atom stereocenters. The van der Waals surface area contributed by atoms with E-state index in [-0.39, 0.29) is 12.3 Å². The minimum absolute atomic E-state index is 0.0538. The summed E-state index contributed by atoms with van der Waals surface area (Å²) in [5, 5.41) is 14.4. The van der Waals surface area contributed by atoms with E-state index in [9.17, 15) is 14.7 Å². The molecule has 1 saturated carbocycles. The van der Waals surface area contributed by atoms with Crippen molar-refractivity contribution in [3.05, 3.63) is 29.3 Å². The summed E-state index contributed by atoms with van der Waals surface area (Å²) in [6.45, 7) is 0. The predicted octanol–water partition coefficient (Wildman–Crippen LogP) is 2.74. The highest BCUT2D eigenvalue weighted by Crippen LogP contribution is 2.34. The van der Waals surface area contributed by atoms with Crippen LogP contribution in [-0.2, 0) is 16.0 Å². The maximum Gasteiger partial charge on any atom is 0.326 e. The lowest BCUT2D eigenvalue weighted by Gasteiger charge is -2.13. The second-order valence-corrected chi connectivity index (χ2v) is 7.39. The molecule has 27 heavy (non-hydrogen) atoms. The van der Waals surface area contributed by atoms with Crippen LogP contribution >= 0.6 is 11.3 Å². The summed E-state index contributed by atoms with van der Waals surface area (Å²) < 4.78 is 10.5. The molecule has 3 rings (SSSR count). The van der Waals surface area contributed by atoms with Crippen LogP contribution in [0, 0.1) is 5.92 Å². The van der Waals surface area contributed by atoms with Gasteiger partial charge in [0.25, 0.3) is 0 Å². The lowest BCUT2D eigenvalue weighted by atomic mass is 10.1. The number of aliphatic carboxylic acids is 1. The lowest BCUT2D eigenvalue weighted by molar-refractivity contribution is -0.142. The van der Waals surface area contributed by atoms with Gasteiger partial charge in [0.05, 0.1) is 26.3 Å². The first-order valence-electron chi connectivity index (χ1n) is 8.69. The molecule has 2 N–H and O–H groups in total. The molecule has 0 aliphatic heterocycles. The number of hydrogen-bond acceptors (Lipinski definition) is 6. The monoisotopic (exact) mass is 390 g/mol. The number of thiazole rings is 1. The van der Waals surface area contributed by atoms with E-state index in [1.807, 2.05) is 17.5 Å². The summed E-state index contributed by atoms with van der Waals surface area (Å²) >= 11 is 1.42. The minimum Gasteiger partial charge on any atom is -0.493 e. The Morgan fingerprint density at radius 1 is 1.30 bits per heavy atom.